The minimum absolute atomic E-state index is 0.0609. The van der Waals surface area contributed by atoms with Gasteiger partial charge in [-0.15, -0.1) is 0 Å². The fraction of sp³-hybridized carbons (Fsp3) is 0.857. The first kappa shape index (κ1) is 16.8. The lowest BCUT2D eigenvalue weighted by atomic mass is 9.94. The maximum atomic E-state index is 12.5. The summed E-state index contributed by atoms with van der Waals surface area (Å²) in [5.41, 5.74) is -1.13. The van der Waals surface area contributed by atoms with Gasteiger partial charge >= 0.3 is 12.0 Å². The van der Waals surface area contributed by atoms with E-state index in [9.17, 15) is 14.7 Å². The zero-order chi connectivity index (χ0) is 15.6. The van der Waals surface area contributed by atoms with E-state index in [1.165, 1.54) is 0 Å². The number of hydrogen-bond acceptors (Lipinski definition) is 3. The van der Waals surface area contributed by atoms with Crippen LogP contribution >= 0.6 is 0 Å². The quantitative estimate of drug-likeness (QED) is 0.824. The average molecular weight is 286 g/mol. The van der Waals surface area contributed by atoms with Crippen LogP contribution in [0.25, 0.3) is 0 Å². The van der Waals surface area contributed by atoms with Crippen molar-refractivity contribution >= 4 is 12.0 Å². The molecule has 0 unspecified atom stereocenters. The van der Waals surface area contributed by atoms with E-state index in [2.05, 4.69) is 0 Å². The number of aliphatic hydroxyl groups is 1. The first-order chi connectivity index (χ1) is 9.03. The molecule has 1 fully saturated rings. The molecule has 0 spiro atoms. The highest BCUT2D eigenvalue weighted by Crippen LogP contribution is 2.24. The Morgan fingerprint density at radius 1 is 1.25 bits per heavy atom. The summed E-state index contributed by atoms with van der Waals surface area (Å²) >= 11 is 0. The number of aliphatic carboxylic acids is 1. The number of hydrogen-bond donors (Lipinski definition) is 2. The number of amides is 2. The molecule has 0 atom stereocenters. The Bertz CT molecular complexity index is 364. The summed E-state index contributed by atoms with van der Waals surface area (Å²) in [6.07, 6.45) is 1.04. The van der Waals surface area contributed by atoms with Crippen LogP contribution < -0.4 is 0 Å². The van der Waals surface area contributed by atoms with E-state index >= 15 is 0 Å². The zero-order valence-electron chi connectivity index (χ0n) is 12.8. The zero-order valence-corrected chi connectivity index (χ0v) is 12.8. The van der Waals surface area contributed by atoms with Crippen molar-refractivity contribution < 1.29 is 19.8 Å². The third-order valence-corrected chi connectivity index (χ3v) is 3.70. The third-order valence-electron chi connectivity index (χ3n) is 3.70. The van der Waals surface area contributed by atoms with Crippen LogP contribution in [0.3, 0.4) is 0 Å². The average Bonchev–Trinajstić information content (AvgIpc) is 2.26. The maximum Gasteiger partial charge on any atom is 0.320 e. The highest BCUT2D eigenvalue weighted by atomic mass is 16.4. The highest BCUT2D eigenvalue weighted by molar-refractivity contribution is 5.76. The second kappa shape index (κ2) is 5.99. The van der Waals surface area contributed by atoms with Crippen molar-refractivity contribution in [3.8, 4) is 0 Å². The Kier molecular flexibility index (Phi) is 5.02. The second-order valence-corrected chi connectivity index (χ2v) is 6.73. The molecule has 1 saturated heterocycles. The molecule has 0 aliphatic carbocycles. The molecule has 2 amide bonds. The van der Waals surface area contributed by atoms with Crippen LogP contribution in [0.1, 0.15) is 47.0 Å². The topological polar surface area (TPSA) is 81.1 Å². The van der Waals surface area contributed by atoms with Crippen LogP contribution in [0.5, 0.6) is 0 Å². The summed E-state index contributed by atoms with van der Waals surface area (Å²) in [4.78, 5) is 26.6. The molecule has 0 aromatic carbocycles. The molecule has 0 aromatic heterocycles. The molecule has 1 rings (SSSR count). The maximum absolute atomic E-state index is 12.5. The van der Waals surface area contributed by atoms with E-state index in [1.54, 1.807) is 16.7 Å². The minimum atomic E-state index is -0.909. The minimum Gasteiger partial charge on any atom is -0.481 e. The summed E-state index contributed by atoms with van der Waals surface area (Å²) in [5, 5.41) is 18.7. The van der Waals surface area contributed by atoms with E-state index in [0.717, 1.165) is 0 Å². The van der Waals surface area contributed by atoms with E-state index < -0.39 is 17.1 Å². The molecule has 0 aromatic rings. The van der Waals surface area contributed by atoms with Gasteiger partial charge in [-0.3, -0.25) is 4.79 Å². The first-order valence-corrected chi connectivity index (χ1v) is 7.04. The molecule has 0 bridgehead atoms. The number of likely N-dealkylation sites (tertiary alicyclic amines) is 1. The predicted molar refractivity (Wildman–Crippen MR) is 75.5 cm³/mol. The Labute approximate surface area is 120 Å². The monoisotopic (exact) mass is 286 g/mol. The van der Waals surface area contributed by atoms with Gasteiger partial charge in [0.25, 0.3) is 0 Å². The summed E-state index contributed by atoms with van der Waals surface area (Å²) in [5.74, 6) is -0.909. The normalized spacial score (nSPS) is 18.8. The van der Waals surface area contributed by atoms with Gasteiger partial charge in [0.1, 0.15) is 0 Å². The fourth-order valence-corrected chi connectivity index (χ4v) is 2.28. The molecule has 116 valence electrons. The van der Waals surface area contributed by atoms with Crippen molar-refractivity contribution in [1.29, 1.82) is 0 Å². The van der Waals surface area contributed by atoms with Gasteiger partial charge in [-0.2, -0.15) is 0 Å². The van der Waals surface area contributed by atoms with Gasteiger partial charge in [0.05, 0.1) is 12.0 Å². The van der Waals surface area contributed by atoms with Crippen molar-refractivity contribution in [2.45, 2.75) is 58.1 Å². The van der Waals surface area contributed by atoms with Gasteiger partial charge in [-0.05, 0) is 40.5 Å². The van der Waals surface area contributed by atoms with Gasteiger partial charge < -0.3 is 20.0 Å². The number of carbonyl (C=O) groups is 2. The standard InChI is InChI=1S/C14H26N2O4/c1-13(2,3)16(8-5-11(17)18)12(19)15-9-6-14(4,20)7-10-15/h20H,5-10H2,1-4H3,(H,17,18). The van der Waals surface area contributed by atoms with Crippen LogP contribution in [0.15, 0.2) is 0 Å². The Morgan fingerprint density at radius 2 is 1.75 bits per heavy atom. The lowest BCUT2D eigenvalue weighted by molar-refractivity contribution is -0.137. The van der Waals surface area contributed by atoms with Gasteiger partial charge in [0.2, 0.25) is 0 Å². The number of piperidine rings is 1. The lowest BCUT2D eigenvalue weighted by Gasteiger charge is -2.42. The van der Waals surface area contributed by atoms with Crippen LogP contribution in [-0.2, 0) is 4.79 Å². The van der Waals surface area contributed by atoms with E-state index in [0.29, 0.717) is 25.9 Å². The molecule has 1 aliphatic heterocycles. The number of carbonyl (C=O) groups excluding carboxylic acids is 1. The SMILES string of the molecule is CC1(O)CCN(C(=O)N(CCC(=O)O)C(C)(C)C)CC1. The summed E-state index contributed by atoms with van der Waals surface area (Å²) < 4.78 is 0. The van der Waals surface area contributed by atoms with Crippen molar-refractivity contribution in [3.05, 3.63) is 0 Å². The Balaban J connectivity index is 2.71. The molecule has 0 radical (unpaired) electrons. The van der Waals surface area contributed by atoms with Crippen LogP contribution in [0, 0.1) is 0 Å². The number of carboxylic acid groups (broad SMARTS) is 1. The van der Waals surface area contributed by atoms with Crippen molar-refractivity contribution in [1.82, 2.24) is 9.80 Å². The van der Waals surface area contributed by atoms with E-state index in [-0.39, 0.29) is 19.0 Å². The van der Waals surface area contributed by atoms with Crippen LogP contribution in [0.2, 0.25) is 0 Å². The van der Waals surface area contributed by atoms with Gasteiger partial charge in [-0.25, -0.2) is 4.79 Å². The lowest BCUT2D eigenvalue weighted by Crippen LogP contribution is -2.55. The molecule has 2 N–H and O–H groups in total. The molecular weight excluding hydrogens is 260 g/mol. The van der Waals surface area contributed by atoms with Crippen molar-refractivity contribution in [2.75, 3.05) is 19.6 Å². The Morgan fingerprint density at radius 3 is 2.15 bits per heavy atom. The molecule has 6 nitrogen and oxygen atoms in total. The number of urea groups is 1. The highest BCUT2D eigenvalue weighted by Gasteiger charge is 2.35. The molecule has 6 heteroatoms. The third kappa shape index (κ3) is 4.67. The molecule has 1 aliphatic rings. The number of nitrogens with zero attached hydrogens (tertiary/aromatic N) is 2. The molecule has 0 saturated carbocycles. The van der Waals surface area contributed by atoms with Crippen LogP contribution in [0.4, 0.5) is 4.79 Å². The number of carboxylic acids is 1. The van der Waals surface area contributed by atoms with Crippen molar-refractivity contribution in [2.24, 2.45) is 0 Å². The summed E-state index contributed by atoms with van der Waals surface area (Å²) in [6.45, 7) is 8.68. The fourth-order valence-electron chi connectivity index (χ4n) is 2.28. The largest absolute Gasteiger partial charge is 0.481 e. The van der Waals surface area contributed by atoms with E-state index in [1.807, 2.05) is 20.8 Å². The number of rotatable bonds is 3. The van der Waals surface area contributed by atoms with Crippen molar-refractivity contribution in [3.63, 3.8) is 0 Å². The predicted octanol–water partition coefficient (Wildman–Crippen LogP) is 1.53. The summed E-state index contributed by atoms with van der Waals surface area (Å²) in [7, 11) is 0. The van der Waals surface area contributed by atoms with E-state index in [4.69, 9.17) is 5.11 Å². The Hall–Kier alpha value is -1.30. The smallest absolute Gasteiger partial charge is 0.320 e. The van der Waals surface area contributed by atoms with Crippen LogP contribution in [-0.4, -0.2) is 62.8 Å². The van der Waals surface area contributed by atoms with Gasteiger partial charge in [-0.1, -0.05) is 0 Å². The molecular formula is C14H26N2O4. The van der Waals surface area contributed by atoms with Gasteiger partial charge in [0, 0.05) is 25.2 Å². The molecule has 20 heavy (non-hydrogen) atoms. The summed E-state index contributed by atoms with van der Waals surface area (Å²) in [6, 6.07) is -0.144. The first-order valence-electron chi connectivity index (χ1n) is 7.04. The second-order valence-electron chi connectivity index (χ2n) is 6.73. The van der Waals surface area contributed by atoms with Gasteiger partial charge in [0.15, 0.2) is 0 Å². The molecule has 1 heterocycles.